The van der Waals surface area contributed by atoms with E-state index in [9.17, 15) is 13.4 Å². The van der Waals surface area contributed by atoms with Gasteiger partial charge in [0.1, 0.15) is 10.7 Å². The Kier molecular flexibility index (Phi) is 6.48. The predicted molar refractivity (Wildman–Crippen MR) is 130 cm³/mol. The molecule has 5 rings (SSSR count). The van der Waals surface area contributed by atoms with E-state index < -0.39 is 29.0 Å². The van der Waals surface area contributed by atoms with Gasteiger partial charge in [-0.2, -0.15) is 4.98 Å². The third-order valence-electron chi connectivity index (χ3n) is 5.79. The zero-order valence-corrected chi connectivity index (χ0v) is 20.0. The SMILES string of the molecule is O=C(O)Cc1ccc(Nc2nc(N3CCN(c4ncc(Cl)cn4)CC3)nc3c2S(=O)CC3)cc1F. The lowest BCUT2D eigenvalue weighted by atomic mass is 10.1. The van der Waals surface area contributed by atoms with Gasteiger partial charge in [0.2, 0.25) is 11.9 Å². The van der Waals surface area contributed by atoms with Crippen molar-refractivity contribution in [3.63, 3.8) is 0 Å². The second-order valence-electron chi connectivity index (χ2n) is 8.12. The normalized spacial score (nSPS) is 17.4. The summed E-state index contributed by atoms with van der Waals surface area (Å²) in [6.45, 7) is 2.58. The van der Waals surface area contributed by atoms with Gasteiger partial charge in [-0.25, -0.2) is 19.3 Å². The number of hydrogen-bond donors (Lipinski definition) is 2. The summed E-state index contributed by atoms with van der Waals surface area (Å²) in [7, 11) is -1.26. The van der Waals surface area contributed by atoms with Crippen LogP contribution < -0.4 is 15.1 Å². The summed E-state index contributed by atoms with van der Waals surface area (Å²) >= 11 is 5.88. The number of carboxylic acid groups (broad SMARTS) is 1. The summed E-state index contributed by atoms with van der Waals surface area (Å²) in [6, 6.07) is 4.22. The number of aliphatic carboxylic acids is 1. The number of anilines is 4. The smallest absolute Gasteiger partial charge is 0.307 e. The van der Waals surface area contributed by atoms with Crippen LogP contribution in [0.25, 0.3) is 0 Å². The first-order valence-corrected chi connectivity index (χ1v) is 12.6. The molecule has 0 amide bonds. The van der Waals surface area contributed by atoms with Crippen LogP contribution in [0.4, 0.5) is 27.8 Å². The van der Waals surface area contributed by atoms with Gasteiger partial charge >= 0.3 is 5.97 Å². The average Bonchev–Trinajstić information content (AvgIpc) is 3.22. The summed E-state index contributed by atoms with van der Waals surface area (Å²) < 4.78 is 27.0. The van der Waals surface area contributed by atoms with Crippen LogP contribution in [0.15, 0.2) is 35.5 Å². The molecule has 1 atom stereocenters. The summed E-state index contributed by atoms with van der Waals surface area (Å²) in [6.07, 6.45) is 3.29. The molecule has 10 nitrogen and oxygen atoms in total. The molecule has 2 aliphatic rings. The van der Waals surface area contributed by atoms with E-state index in [0.717, 1.165) is 0 Å². The number of rotatable bonds is 6. The van der Waals surface area contributed by atoms with Crippen molar-refractivity contribution in [3.8, 4) is 0 Å². The van der Waals surface area contributed by atoms with Crippen LogP contribution in [0.2, 0.25) is 5.02 Å². The van der Waals surface area contributed by atoms with Gasteiger partial charge in [-0.3, -0.25) is 9.00 Å². The number of aryl methyl sites for hydroxylation is 1. The van der Waals surface area contributed by atoms with Gasteiger partial charge in [-0.15, -0.1) is 0 Å². The van der Waals surface area contributed by atoms with Gasteiger partial charge in [0.15, 0.2) is 5.82 Å². The van der Waals surface area contributed by atoms with E-state index in [2.05, 4.69) is 30.2 Å². The molecule has 0 aliphatic carbocycles. The largest absolute Gasteiger partial charge is 0.481 e. The number of nitrogens with one attached hydrogen (secondary N) is 1. The number of fused-ring (bicyclic) bond motifs is 1. The molecule has 2 N–H and O–H groups in total. The van der Waals surface area contributed by atoms with Crippen LogP contribution in [0.5, 0.6) is 0 Å². The molecule has 35 heavy (non-hydrogen) atoms. The van der Waals surface area contributed by atoms with Gasteiger partial charge < -0.3 is 20.2 Å². The molecule has 1 saturated heterocycles. The first kappa shape index (κ1) is 23.4. The molecular weight excluding hydrogens is 497 g/mol. The number of benzene rings is 1. The number of hydrogen-bond acceptors (Lipinski definition) is 9. The molecule has 1 aromatic carbocycles. The van der Waals surface area contributed by atoms with E-state index >= 15 is 0 Å². The Hall–Kier alpha value is -3.38. The van der Waals surface area contributed by atoms with E-state index in [4.69, 9.17) is 16.7 Å². The molecule has 2 aromatic heterocycles. The molecule has 0 saturated carbocycles. The Morgan fingerprint density at radius 2 is 1.80 bits per heavy atom. The number of halogens is 2. The topological polar surface area (TPSA) is 124 Å². The van der Waals surface area contributed by atoms with Gasteiger partial charge in [0, 0.05) is 44.0 Å². The lowest BCUT2D eigenvalue weighted by Crippen LogP contribution is -2.47. The molecule has 13 heteroatoms. The highest BCUT2D eigenvalue weighted by atomic mass is 35.5. The monoisotopic (exact) mass is 517 g/mol. The van der Waals surface area contributed by atoms with Crippen LogP contribution in [-0.2, 0) is 28.4 Å². The van der Waals surface area contributed by atoms with Crippen LogP contribution in [0.1, 0.15) is 11.3 Å². The Morgan fingerprint density at radius 3 is 2.46 bits per heavy atom. The molecule has 1 unspecified atom stereocenters. The fraction of sp³-hybridized carbons (Fsp3) is 0.318. The van der Waals surface area contributed by atoms with E-state index in [-0.39, 0.29) is 5.56 Å². The lowest BCUT2D eigenvalue weighted by Gasteiger charge is -2.35. The summed E-state index contributed by atoms with van der Waals surface area (Å²) in [5.74, 6) is 0.191. The molecule has 3 aromatic rings. The molecule has 4 heterocycles. The first-order chi connectivity index (χ1) is 16.9. The second kappa shape index (κ2) is 9.70. The van der Waals surface area contributed by atoms with Crippen LogP contribution in [0, 0.1) is 5.82 Å². The first-order valence-electron chi connectivity index (χ1n) is 10.9. The van der Waals surface area contributed by atoms with Crippen LogP contribution in [0.3, 0.4) is 0 Å². The lowest BCUT2D eigenvalue weighted by molar-refractivity contribution is -0.136. The van der Waals surface area contributed by atoms with Crippen molar-refractivity contribution in [1.82, 2.24) is 19.9 Å². The van der Waals surface area contributed by atoms with Gasteiger partial charge in [-0.1, -0.05) is 17.7 Å². The molecule has 2 aliphatic heterocycles. The molecular formula is C22H21ClFN7O3S. The van der Waals surface area contributed by atoms with E-state index in [1.165, 1.54) is 12.1 Å². The maximum absolute atomic E-state index is 14.4. The molecule has 1 fully saturated rings. The fourth-order valence-electron chi connectivity index (χ4n) is 4.05. The van der Waals surface area contributed by atoms with E-state index in [1.807, 2.05) is 4.90 Å². The minimum Gasteiger partial charge on any atom is -0.481 e. The summed E-state index contributed by atoms with van der Waals surface area (Å²) in [5.41, 5.74) is 1.18. The van der Waals surface area contributed by atoms with Crippen LogP contribution in [-0.4, -0.2) is 67.2 Å². The number of nitrogens with zero attached hydrogens (tertiary/aromatic N) is 6. The minimum absolute atomic E-state index is 0.0859. The van der Waals surface area contributed by atoms with Crippen molar-refractivity contribution in [2.45, 2.75) is 17.7 Å². The molecule has 0 bridgehead atoms. The van der Waals surface area contributed by atoms with Gasteiger partial charge in [-0.05, 0) is 17.7 Å². The number of carbonyl (C=O) groups is 1. The number of piperazine rings is 1. The maximum atomic E-state index is 14.4. The quantitative estimate of drug-likeness (QED) is 0.503. The van der Waals surface area contributed by atoms with E-state index in [0.29, 0.717) is 77.4 Å². The number of aromatic nitrogens is 4. The highest BCUT2D eigenvalue weighted by Crippen LogP contribution is 2.32. The van der Waals surface area contributed by atoms with Crippen LogP contribution >= 0.6 is 11.6 Å². The van der Waals surface area contributed by atoms with Crippen molar-refractivity contribution in [1.29, 1.82) is 0 Å². The highest BCUT2D eigenvalue weighted by Gasteiger charge is 2.29. The zero-order valence-electron chi connectivity index (χ0n) is 18.4. The predicted octanol–water partition coefficient (Wildman–Crippen LogP) is 2.42. The fourth-order valence-corrected chi connectivity index (χ4v) is 5.46. The Balaban J connectivity index is 1.37. The third-order valence-corrected chi connectivity index (χ3v) is 7.44. The van der Waals surface area contributed by atoms with Crippen molar-refractivity contribution < 1.29 is 18.5 Å². The summed E-state index contributed by atoms with van der Waals surface area (Å²) in [4.78, 5) is 33.4. The van der Waals surface area contributed by atoms with E-state index in [1.54, 1.807) is 18.5 Å². The zero-order chi connectivity index (χ0) is 24.5. The maximum Gasteiger partial charge on any atom is 0.307 e. The van der Waals surface area contributed by atoms with Crippen molar-refractivity contribution in [2.75, 3.05) is 47.0 Å². The molecule has 182 valence electrons. The Morgan fingerprint density at radius 1 is 1.11 bits per heavy atom. The molecule has 0 radical (unpaired) electrons. The Bertz CT molecular complexity index is 1300. The average molecular weight is 518 g/mol. The number of carboxylic acids is 1. The second-order valence-corrected chi connectivity index (χ2v) is 10.1. The Labute approximate surface area is 207 Å². The van der Waals surface area contributed by atoms with Crippen molar-refractivity contribution in [2.24, 2.45) is 0 Å². The van der Waals surface area contributed by atoms with Gasteiger partial charge in [0.05, 0.1) is 40.3 Å². The minimum atomic E-state index is -1.26. The van der Waals surface area contributed by atoms with Crippen molar-refractivity contribution >= 4 is 51.8 Å². The standard InChI is InChI=1S/C22H21ClFN7O3S/c23-14-11-25-21(26-12-14)30-4-6-31(7-5-30)22-28-17-3-8-35(34)19(17)20(29-22)27-15-2-1-13(9-18(32)33)16(24)10-15/h1-2,10-12H,3-9H2,(H,32,33)(H,27,28,29). The third kappa shape index (κ3) is 5.03. The van der Waals surface area contributed by atoms with Crippen molar-refractivity contribution in [3.05, 3.63) is 52.7 Å². The highest BCUT2D eigenvalue weighted by molar-refractivity contribution is 7.85. The molecule has 0 spiro atoms. The van der Waals surface area contributed by atoms with Gasteiger partial charge in [0.25, 0.3) is 0 Å². The summed E-state index contributed by atoms with van der Waals surface area (Å²) in [5, 5.41) is 12.5.